The van der Waals surface area contributed by atoms with E-state index in [0.717, 1.165) is 50.8 Å². The molecule has 0 aliphatic heterocycles. The van der Waals surface area contributed by atoms with Crippen molar-refractivity contribution in [3.05, 3.63) is 12.2 Å². The number of hydrogen-bond acceptors (Lipinski definition) is 3. The van der Waals surface area contributed by atoms with Gasteiger partial charge < -0.3 is 5.32 Å². The molecule has 0 saturated heterocycles. The second kappa shape index (κ2) is 7.30. The van der Waals surface area contributed by atoms with E-state index in [-0.39, 0.29) is 5.91 Å². The Labute approximate surface area is 116 Å². The van der Waals surface area contributed by atoms with Crippen LogP contribution in [0.15, 0.2) is 12.2 Å². The molecule has 0 atom stereocenters. The molecule has 4 nitrogen and oxygen atoms in total. The minimum Gasteiger partial charge on any atom is -0.337 e. The van der Waals surface area contributed by atoms with Gasteiger partial charge in [0.2, 0.25) is 5.91 Å². The van der Waals surface area contributed by atoms with Gasteiger partial charge in [0.05, 0.1) is 12.6 Å². The Morgan fingerprint density at radius 1 is 1.37 bits per heavy atom. The molecule has 1 saturated carbocycles. The number of carbonyl (C=O) groups is 1. The summed E-state index contributed by atoms with van der Waals surface area (Å²) in [6.07, 6.45) is 4.77. The summed E-state index contributed by atoms with van der Waals surface area (Å²) in [6, 6.07) is 2.31. The van der Waals surface area contributed by atoms with E-state index in [1.165, 1.54) is 0 Å². The molecule has 4 heteroatoms. The van der Waals surface area contributed by atoms with Gasteiger partial charge in [0, 0.05) is 6.54 Å². The normalized spacial score (nSPS) is 17.8. The zero-order chi connectivity index (χ0) is 14.3. The van der Waals surface area contributed by atoms with E-state index in [1.54, 1.807) is 0 Å². The Balaban J connectivity index is 2.53. The molecule has 0 bridgehead atoms. The quantitative estimate of drug-likeness (QED) is 0.748. The van der Waals surface area contributed by atoms with Gasteiger partial charge in [-0.05, 0) is 26.3 Å². The molecular formula is C15H25N3O. The van der Waals surface area contributed by atoms with Crippen molar-refractivity contribution in [2.45, 2.75) is 51.5 Å². The van der Waals surface area contributed by atoms with E-state index in [1.807, 2.05) is 18.7 Å². The molecule has 1 N–H and O–H groups in total. The van der Waals surface area contributed by atoms with Crippen molar-refractivity contribution in [1.82, 2.24) is 10.2 Å². The molecule has 1 rings (SSSR count). The smallest absolute Gasteiger partial charge is 0.235 e. The van der Waals surface area contributed by atoms with Crippen LogP contribution < -0.4 is 5.32 Å². The van der Waals surface area contributed by atoms with E-state index < -0.39 is 5.54 Å². The van der Waals surface area contributed by atoms with Crippen molar-refractivity contribution in [3.63, 3.8) is 0 Å². The Hall–Kier alpha value is -1.34. The zero-order valence-corrected chi connectivity index (χ0v) is 12.2. The van der Waals surface area contributed by atoms with Crippen LogP contribution in [-0.2, 0) is 4.79 Å². The third-order valence-electron chi connectivity index (χ3n) is 3.61. The highest BCUT2D eigenvalue weighted by Gasteiger charge is 2.33. The zero-order valence-electron chi connectivity index (χ0n) is 12.2. The van der Waals surface area contributed by atoms with E-state index in [4.69, 9.17) is 0 Å². The number of amides is 1. The van der Waals surface area contributed by atoms with Crippen LogP contribution in [0.3, 0.4) is 0 Å². The standard InChI is InChI=1S/C15H25N3O/c1-4-18(10-13(2)3)11-14(19)17-15(12-16)8-6-5-7-9-15/h2,4-11H2,1,3H3,(H,17,19). The molecule has 0 aromatic rings. The number of hydrogen-bond donors (Lipinski definition) is 1. The lowest BCUT2D eigenvalue weighted by atomic mass is 9.83. The van der Waals surface area contributed by atoms with Crippen LogP contribution >= 0.6 is 0 Å². The van der Waals surface area contributed by atoms with Crippen molar-refractivity contribution in [3.8, 4) is 6.07 Å². The van der Waals surface area contributed by atoms with Crippen LogP contribution in [-0.4, -0.2) is 36.0 Å². The summed E-state index contributed by atoms with van der Waals surface area (Å²) in [4.78, 5) is 14.1. The first-order chi connectivity index (χ1) is 9.01. The fraction of sp³-hybridized carbons (Fsp3) is 0.733. The van der Waals surface area contributed by atoms with Gasteiger partial charge in [0.1, 0.15) is 5.54 Å². The minimum absolute atomic E-state index is 0.0495. The molecule has 1 aliphatic carbocycles. The first kappa shape index (κ1) is 15.7. The second-order valence-corrected chi connectivity index (χ2v) is 5.56. The summed E-state index contributed by atoms with van der Waals surface area (Å²) in [7, 11) is 0. The topological polar surface area (TPSA) is 56.1 Å². The Morgan fingerprint density at radius 2 is 2.00 bits per heavy atom. The molecule has 0 radical (unpaired) electrons. The number of nitrogens with zero attached hydrogens (tertiary/aromatic N) is 2. The molecule has 0 unspecified atom stereocenters. The lowest BCUT2D eigenvalue weighted by Crippen LogP contribution is -2.51. The Morgan fingerprint density at radius 3 is 2.47 bits per heavy atom. The Bertz CT molecular complexity index is 364. The van der Waals surface area contributed by atoms with Gasteiger partial charge in [-0.1, -0.05) is 38.3 Å². The summed E-state index contributed by atoms with van der Waals surface area (Å²) in [5, 5.41) is 12.3. The maximum absolute atomic E-state index is 12.1. The molecular weight excluding hydrogens is 238 g/mol. The lowest BCUT2D eigenvalue weighted by molar-refractivity contribution is -0.123. The van der Waals surface area contributed by atoms with Gasteiger partial charge in [-0.25, -0.2) is 0 Å². The molecule has 0 spiro atoms. The minimum atomic E-state index is -0.627. The van der Waals surface area contributed by atoms with E-state index in [9.17, 15) is 10.1 Å². The first-order valence-electron chi connectivity index (χ1n) is 7.10. The molecule has 0 aromatic heterocycles. The predicted octanol–water partition coefficient (Wildman–Crippen LogP) is 2.23. The van der Waals surface area contributed by atoms with Gasteiger partial charge in [0.15, 0.2) is 0 Å². The molecule has 1 aliphatic rings. The second-order valence-electron chi connectivity index (χ2n) is 5.56. The SMILES string of the molecule is C=C(C)CN(CC)CC(=O)NC1(C#N)CCCCC1. The van der Waals surface area contributed by atoms with Crippen molar-refractivity contribution in [1.29, 1.82) is 5.26 Å². The Kier molecular flexibility index (Phi) is 6.04. The summed E-state index contributed by atoms with van der Waals surface area (Å²) in [6.45, 7) is 9.72. The van der Waals surface area contributed by atoms with Gasteiger partial charge in [-0.15, -0.1) is 0 Å². The number of carbonyl (C=O) groups excluding carboxylic acids is 1. The lowest BCUT2D eigenvalue weighted by Gasteiger charge is -2.32. The van der Waals surface area contributed by atoms with Gasteiger partial charge >= 0.3 is 0 Å². The summed E-state index contributed by atoms with van der Waals surface area (Å²) >= 11 is 0. The fourth-order valence-corrected chi connectivity index (χ4v) is 2.59. The number of nitriles is 1. The third-order valence-corrected chi connectivity index (χ3v) is 3.61. The number of nitrogens with one attached hydrogen (secondary N) is 1. The average molecular weight is 263 g/mol. The third kappa shape index (κ3) is 5.04. The van der Waals surface area contributed by atoms with Crippen molar-refractivity contribution in [2.24, 2.45) is 0 Å². The maximum atomic E-state index is 12.1. The maximum Gasteiger partial charge on any atom is 0.235 e. The highest BCUT2D eigenvalue weighted by atomic mass is 16.2. The first-order valence-corrected chi connectivity index (χ1v) is 7.10. The molecule has 19 heavy (non-hydrogen) atoms. The van der Waals surface area contributed by atoms with Crippen LogP contribution in [0.4, 0.5) is 0 Å². The average Bonchev–Trinajstić information content (AvgIpc) is 2.38. The van der Waals surface area contributed by atoms with Gasteiger partial charge in [-0.2, -0.15) is 5.26 Å². The summed E-state index contributed by atoms with van der Waals surface area (Å²) in [5.41, 5.74) is 0.417. The summed E-state index contributed by atoms with van der Waals surface area (Å²) in [5.74, 6) is -0.0495. The van der Waals surface area contributed by atoms with E-state index in [2.05, 4.69) is 18.0 Å². The van der Waals surface area contributed by atoms with Crippen LogP contribution in [0.25, 0.3) is 0 Å². The van der Waals surface area contributed by atoms with Crippen LogP contribution in [0.2, 0.25) is 0 Å². The predicted molar refractivity (Wildman–Crippen MR) is 76.5 cm³/mol. The van der Waals surface area contributed by atoms with Crippen molar-refractivity contribution >= 4 is 5.91 Å². The van der Waals surface area contributed by atoms with E-state index >= 15 is 0 Å². The number of rotatable bonds is 6. The highest BCUT2D eigenvalue weighted by Crippen LogP contribution is 2.27. The van der Waals surface area contributed by atoms with Crippen LogP contribution in [0.5, 0.6) is 0 Å². The largest absolute Gasteiger partial charge is 0.337 e. The van der Waals surface area contributed by atoms with Crippen LogP contribution in [0, 0.1) is 11.3 Å². The van der Waals surface area contributed by atoms with Crippen molar-refractivity contribution in [2.75, 3.05) is 19.6 Å². The van der Waals surface area contributed by atoms with Crippen LogP contribution in [0.1, 0.15) is 46.0 Å². The fourth-order valence-electron chi connectivity index (χ4n) is 2.59. The molecule has 0 heterocycles. The van der Waals surface area contributed by atoms with Gasteiger partial charge in [0.25, 0.3) is 0 Å². The monoisotopic (exact) mass is 263 g/mol. The molecule has 106 valence electrons. The molecule has 0 aromatic carbocycles. The molecule has 1 fully saturated rings. The number of likely N-dealkylation sites (N-methyl/N-ethyl adjacent to an activating group) is 1. The van der Waals surface area contributed by atoms with Crippen molar-refractivity contribution < 1.29 is 4.79 Å². The van der Waals surface area contributed by atoms with E-state index in [0.29, 0.717) is 6.54 Å². The highest BCUT2D eigenvalue weighted by molar-refractivity contribution is 5.79. The summed E-state index contributed by atoms with van der Waals surface area (Å²) < 4.78 is 0. The van der Waals surface area contributed by atoms with Gasteiger partial charge in [-0.3, -0.25) is 9.69 Å². The molecule has 1 amide bonds.